The highest BCUT2D eigenvalue weighted by atomic mass is 16.7. The average molecular weight is 312 g/mol. The van der Waals surface area contributed by atoms with Crippen molar-refractivity contribution in [3.05, 3.63) is 41.2 Å². The standard InChI is InChI=1S/C17H20N4O2/c1-11(20-21-17-18-12(2)8-13(3)19-17)4-5-14-6-7-15-16(9-14)23-10-22-15/h6-9H,4-5,10H2,1-3H3,(H,18,19,21). The van der Waals surface area contributed by atoms with E-state index in [9.17, 15) is 0 Å². The Hall–Kier alpha value is -2.63. The highest BCUT2D eigenvalue weighted by Crippen LogP contribution is 2.32. The highest BCUT2D eigenvalue weighted by Gasteiger charge is 2.13. The van der Waals surface area contributed by atoms with Crippen LogP contribution in [0.4, 0.5) is 5.95 Å². The van der Waals surface area contributed by atoms with Crippen molar-refractivity contribution in [3.63, 3.8) is 0 Å². The largest absolute Gasteiger partial charge is 0.454 e. The van der Waals surface area contributed by atoms with Gasteiger partial charge in [0.25, 0.3) is 0 Å². The number of benzene rings is 1. The van der Waals surface area contributed by atoms with Gasteiger partial charge in [-0.2, -0.15) is 5.10 Å². The molecule has 2 heterocycles. The van der Waals surface area contributed by atoms with E-state index < -0.39 is 0 Å². The normalized spacial score (nSPS) is 13.3. The fraction of sp³-hybridized carbons (Fsp3) is 0.353. The fourth-order valence-electron chi connectivity index (χ4n) is 2.40. The first kappa shape index (κ1) is 15.3. The molecule has 1 N–H and O–H groups in total. The molecule has 0 unspecified atom stereocenters. The van der Waals surface area contributed by atoms with Crippen LogP contribution in [0.2, 0.25) is 0 Å². The molecule has 0 atom stereocenters. The summed E-state index contributed by atoms with van der Waals surface area (Å²) in [6.07, 6.45) is 1.73. The summed E-state index contributed by atoms with van der Waals surface area (Å²) in [4.78, 5) is 8.61. The van der Waals surface area contributed by atoms with Gasteiger partial charge in [0, 0.05) is 17.1 Å². The Morgan fingerprint density at radius 1 is 1.13 bits per heavy atom. The summed E-state index contributed by atoms with van der Waals surface area (Å²) >= 11 is 0. The summed E-state index contributed by atoms with van der Waals surface area (Å²) in [5.41, 5.74) is 6.97. The van der Waals surface area contributed by atoms with Crippen molar-refractivity contribution in [1.29, 1.82) is 0 Å². The molecule has 23 heavy (non-hydrogen) atoms. The maximum Gasteiger partial charge on any atom is 0.243 e. The molecule has 0 saturated carbocycles. The van der Waals surface area contributed by atoms with E-state index in [1.54, 1.807) is 0 Å². The summed E-state index contributed by atoms with van der Waals surface area (Å²) in [5, 5.41) is 4.35. The number of anilines is 1. The van der Waals surface area contributed by atoms with Gasteiger partial charge in [-0.15, -0.1) is 0 Å². The third-order valence-corrected chi connectivity index (χ3v) is 3.54. The SMILES string of the molecule is CC(CCc1ccc2c(c1)OCO2)=NNc1nc(C)cc(C)n1. The topological polar surface area (TPSA) is 68.6 Å². The number of aryl methyl sites for hydroxylation is 3. The van der Waals surface area contributed by atoms with E-state index in [4.69, 9.17) is 9.47 Å². The quantitative estimate of drug-likeness (QED) is 0.678. The van der Waals surface area contributed by atoms with Gasteiger partial charge in [-0.25, -0.2) is 15.4 Å². The summed E-state index contributed by atoms with van der Waals surface area (Å²) in [7, 11) is 0. The Bertz CT molecular complexity index is 723. The van der Waals surface area contributed by atoms with Crippen LogP contribution in [0.5, 0.6) is 11.5 Å². The lowest BCUT2D eigenvalue weighted by molar-refractivity contribution is 0.174. The van der Waals surface area contributed by atoms with Crippen LogP contribution in [0.15, 0.2) is 29.4 Å². The number of hydrazone groups is 1. The van der Waals surface area contributed by atoms with E-state index in [1.165, 1.54) is 5.56 Å². The monoisotopic (exact) mass is 312 g/mol. The van der Waals surface area contributed by atoms with E-state index in [0.717, 1.165) is 41.4 Å². The number of rotatable bonds is 5. The first-order valence-corrected chi connectivity index (χ1v) is 7.60. The van der Waals surface area contributed by atoms with Gasteiger partial charge < -0.3 is 9.47 Å². The van der Waals surface area contributed by atoms with Crippen molar-refractivity contribution in [2.75, 3.05) is 12.2 Å². The van der Waals surface area contributed by atoms with Crippen LogP contribution in [0, 0.1) is 13.8 Å². The van der Waals surface area contributed by atoms with Crippen molar-refractivity contribution in [1.82, 2.24) is 9.97 Å². The summed E-state index contributed by atoms with van der Waals surface area (Å²) in [5.74, 6) is 2.16. The molecule has 3 rings (SSSR count). The maximum absolute atomic E-state index is 5.39. The van der Waals surface area contributed by atoms with Gasteiger partial charge in [-0.1, -0.05) is 6.07 Å². The van der Waals surface area contributed by atoms with Crippen molar-refractivity contribution in [2.24, 2.45) is 5.10 Å². The Morgan fingerprint density at radius 2 is 1.87 bits per heavy atom. The molecular formula is C17H20N4O2. The van der Waals surface area contributed by atoms with Crippen LogP contribution in [0.3, 0.4) is 0 Å². The lowest BCUT2D eigenvalue weighted by Crippen LogP contribution is -2.03. The fourth-order valence-corrected chi connectivity index (χ4v) is 2.40. The predicted octanol–water partition coefficient (Wildman–Crippen LogP) is 3.24. The number of aromatic nitrogens is 2. The van der Waals surface area contributed by atoms with E-state index in [2.05, 4.69) is 26.6 Å². The Balaban J connectivity index is 1.57. The maximum atomic E-state index is 5.39. The van der Waals surface area contributed by atoms with Crippen LogP contribution in [0.1, 0.15) is 30.3 Å². The van der Waals surface area contributed by atoms with Gasteiger partial charge in [-0.05, 0) is 57.4 Å². The molecule has 1 aliphatic heterocycles. The molecule has 6 nitrogen and oxygen atoms in total. The van der Waals surface area contributed by atoms with Gasteiger partial charge in [-0.3, -0.25) is 0 Å². The number of fused-ring (bicyclic) bond motifs is 1. The second kappa shape index (κ2) is 6.64. The van der Waals surface area contributed by atoms with Crippen LogP contribution in [0.25, 0.3) is 0 Å². The minimum atomic E-state index is 0.305. The minimum Gasteiger partial charge on any atom is -0.454 e. The van der Waals surface area contributed by atoms with Gasteiger partial charge in [0.2, 0.25) is 12.7 Å². The highest BCUT2D eigenvalue weighted by molar-refractivity contribution is 5.82. The smallest absolute Gasteiger partial charge is 0.243 e. The number of nitrogens with one attached hydrogen (secondary N) is 1. The first-order chi connectivity index (χ1) is 11.1. The van der Waals surface area contributed by atoms with Gasteiger partial charge in [0.15, 0.2) is 11.5 Å². The Labute approximate surface area is 135 Å². The third kappa shape index (κ3) is 3.97. The number of nitrogens with zero attached hydrogens (tertiary/aromatic N) is 3. The van der Waals surface area contributed by atoms with E-state index in [1.807, 2.05) is 39.0 Å². The van der Waals surface area contributed by atoms with Crippen LogP contribution >= 0.6 is 0 Å². The van der Waals surface area contributed by atoms with Gasteiger partial charge in [0.1, 0.15) is 0 Å². The van der Waals surface area contributed by atoms with Crippen LogP contribution in [-0.2, 0) is 6.42 Å². The Morgan fingerprint density at radius 3 is 2.65 bits per heavy atom. The lowest BCUT2D eigenvalue weighted by Gasteiger charge is -2.05. The van der Waals surface area contributed by atoms with Crippen molar-refractivity contribution < 1.29 is 9.47 Å². The van der Waals surface area contributed by atoms with E-state index in [-0.39, 0.29) is 0 Å². The molecule has 0 fully saturated rings. The number of hydrogen-bond donors (Lipinski definition) is 1. The zero-order chi connectivity index (χ0) is 16.2. The second-order valence-electron chi connectivity index (χ2n) is 5.62. The summed E-state index contributed by atoms with van der Waals surface area (Å²) in [6, 6.07) is 7.96. The molecule has 0 bridgehead atoms. The summed E-state index contributed by atoms with van der Waals surface area (Å²) in [6.45, 7) is 6.17. The molecule has 0 spiro atoms. The lowest BCUT2D eigenvalue weighted by atomic mass is 10.1. The molecule has 1 aromatic heterocycles. The molecule has 6 heteroatoms. The van der Waals surface area contributed by atoms with Crippen molar-refractivity contribution in [3.8, 4) is 11.5 Å². The zero-order valence-corrected chi connectivity index (χ0v) is 13.6. The Kier molecular flexibility index (Phi) is 4.41. The number of ether oxygens (including phenoxy) is 2. The van der Waals surface area contributed by atoms with E-state index >= 15 is 0 Å². The zero-order valence-electron chi connectivity index (χ0n) is 13.6. The summed E-state index contributed by atoms with van der Waals surface area (Å²) < 4.78 is 10.7. The molecular weight excluding hydrogens is 292 g/mol. The van der Waals surface area contributed by atoms with Gasteiger partial charge in [0.05, 0.1) is 0 Å². The minimum absolute atomic E-state index is 0.305. The second-order valence-corrected chi connectivity index (χ2v) is 5.62. The molecule has 1 aromatic carbocycles. The number of hydrogen-bond acceptors (Lipinski definition) is 6. The van der Waals surface area contributed by atoms with E-state index in [0.29, 0.717) is 12.7 Å². The van der Waals surface area contributed by atoms with Crippen LogP contribution < -0.4 is 14.9 Å². The predicted molar refractivity (Wildman–Crippen MR) is 89.1 cm³/mol. The molecule has 0 aliphatic carbocycles. The average Bonchev–Trinajstić information content (AvgIpc) is 2.97. The first-order valence-electron chi connectivity index (χ1n) is 7.60. The molecule has 120 valence electrons. The van der Waals surface area contributed by atoms with Crippen molar-refractivity contribution >= 4 is 11.7 Å². The molecule has 0 amide bonds. The van der Waals surface area contributed by atoms with Gasteiger partial charge >= 0.3 is 0 Å². The molecule has 0 saturated heterocycles. The molecule has 1 aliphatic rings. The molecule has 2 aromatic rings. The third-order valence-electron chi connectivity index (χ3n) is 3.54. The molecule has 0 radical (unpaired) electrons. The van der Waals surface area contributed by atoms with Crippen LogP contribution in [-0.4, -0.2) is 22.5 Å². The van der Waals surface area contributed by atoms with Crippen molar-refractivity contribution in [2.45, 2.75) is 33.6 Å².